The molecule has 3 aromatic heterocycles. The first kappa shape index (κ1) is 24.6. The number of benzene rings is 1. The van der Waals surface area contributed by atoms with E-state index in [1.165, 1.54) is 19.5 Å². The van der Waals surface area contributed by atoms with Crippen LogP contribution < -0.4 is 15.0 Å². The Morgan fingerprint density at radius 1 is 1.00 bits per heavy atom. The largest absolute Gasteiger partial charge is 0.494 e. The molecule has 4 aromatic rings. The van der Waals surface area contributed by atoms with Gasteiger partial charge in [-0.05, 0) is 37.4 Å². The van der Waals surface area contributed by atoms with Crippen molar-refractivity contribution < 1.29 is 13.2 Å². The van der Waals surface area contributed by atoms with E-state index in [2.05, 4.69) is 37.1 Å². The van der Waals surface area contributed by atoms with E-state index in [4.69, 9.17) is 27.9 Å². The van der Waals surface area contributed by atoms with Gasteiger partial charge in [0.2, 0.25) is 5.95 Å². The van der Waals surface area contributed by atoms with Crippen LogP contribution in [0.15, 0.2) is 53.8 Å². The van der Waals surface area contributed by atoms with Crippen LogP contribution in [0.5, 0.6) is 5.75 Å². The number of hydrogen-bond acceptors (Lipinski definition) is 9. The Hall–Kier alpha value is -3.12. The molecule has 1 aliphatic rings. The number of methoxy groups -OCH3 is 1. The van der Waals surface area contributed by atoms with Crippen LogP contribution in [0.4, 0.5) is 17.3 Å². The molecule has 4 heterocycles. The van der Waals surface area contributed by atoms with Gasteiger partial charge in [0.1, 0.15) is 9.92 Å². The number of aromatic nitrogens is 4. The lowest BCUT2D eigenvalue weighted by Gasteiger charge is -2.34. The van der Waals surface area contributed by atoms with E-state index in [-0.39, 0.29) is 32.4 Å². The van der Waals surface area contributed by atoms with Crippen molar-refractivity contribution in [3.8, 4) is 5.75 Å². The second kappa shape index (κ2) is 9.74. The normalized spacial score (nSPS) is 14.8. The number of rotatable bonds is 6. The number of piperazine rings is 1. The lowest BCUT2D eigenvalue weighted by Crippen LogP contribution is -2.44. The van der Waals surface area contributed by atoms with Gasteiger partial charge in [-0.3, -0.25) is 0 Å². The zero-order valence-electron chi connectivity index (χ0n) is 19.5. The standard InChI is InChI=1S/C23H23Cl2N7O3S/c1-30-9-11-31(12-10-30)17-5-3-16(4-6-17)28-23-27-13-15-7-8-32(22(15)29-23)36(33,34)20-19(24)18(35-2)14-26-21(20)25/h3-8,13-14H,9-12H2,1-2H3,(H,27,28,29). The number of nitrogens with one attached hydrogen (secondary N) is 1. The molecule has 1 aliphatic heterocycles. The number of pyridine rings is 1. The van der Waals surface area contributed by atoms with Crippen molar-refractivity contribution in [1.29, 1.82) is 0 Å². The molecule has 0 spiro atoms. The van der Waals surface area contributed by atoms with Crippen LogP contribution in [-0.2, 0) is 10.0 Å². The predicted octanol–water partition coefficient (Wildman–Crippen LogP) is 3.87. The monoisotopic (exact) mass is 547 g/mol. The second-order valence-corrected chi connectivity index (χ2v) is 10.8. The number of nitrogens with zero attached hydrogens (tertiary/aromatic N) is 6. The van der Waals surface area contributed by atoms with E-state index >= 15 is 0 Å². The molecule has 188 valence electrons. The minimum absolute atomic E-state index is 0.0908. The van der Waals surface area contributed by atoms with Gasteiger partial charge >= 0.3 is 0 Å². The molecule has 0 amide bonds. The highest BCUT2D eigenvalue weighted by molar-refractivity contribution is 7.90. The van der Waals surface area contributed by atoms with E-state index in [9.17, 15) is 8.42 Å². The van der Waals surface area contributed by atoms with Crippen LogP contribution in [0.25, 0.3) is 11.0 Å². The van der Waals surface area contributed by atoms with Crippen molar-refractivity contribution in [1.82, 2.24) is 23.8 Å². The molecule has 1 saturated heterocycles. The van der Waals surface area contributed by atoms with Gasteiger partial charge in [0.15, 0.2) is 16.5 Å². The Balaban J connectivity index is 1.44. The summed E-state index contributed by atoms with van der Waals surface area (Å²) in [7, 11) is -0.758. The third-order valence-corrected chi connectivity index (χ3v) is 8.63. The summed E-state index contributed by atoms with van der Waals surface area (Å²) in [5, 5.41) is 3.24. The van der Waals surface area contributed by atoms with Crippen molar-refractivity contribution in [2.45, 2.75) is 4.90 Å². The summed E-state index contributed by atoms with van der Waals surface area (Å²) in [5.41, 5.74) is 2.08. The molecule has 0 radical (unpaired) electrons. The van der Waals surface area contributed by atoms with Crippen LogP contribution in [0.1, 0.15) is 0 Å². The summed E-state index contributed by atoms with van der Waals surface area (Å²) in [6.07, 6.45) is 4.18. The summed E-state index contributed by atoms with van der Waals surface area (Å²) >= 11 is 12.4. The fraction of sp³-hybridized carbons (Fsp3) is 0.261. The van der Waals surface area contributed by atoms with Crippen molar-refractivity contribution in [3.05, 3.63) is 59.1 Å². The smallest absolute Gasteiger partial charge is 0.274 e. The number of likely N-dealkylation sites (N-methyl/N-ethyl adjacent to an activating group) is 1. The van der Waals surface area contributed by atoms with Crippen molar-refractivity contribution in [2.75, 3.05) is 50.6 Å². The first-order valence-corrected chi connectivity index (χ1v) is 13.3. The highest BCUT2D eigenvalue weighted by Crippen LogP contribution is 2.37. The van der Waals surface area contributed by atoms with Crippen molar-refractivity contribution in [3.63, 3.8) is 0 Å². The van der Waals surface area contributed by atoms with Gasteiger partial charge in [0.25, 0.3) is 10.0 Å². The fourth-order valence-corrected chi connectivity index (χ4v) is 6.37. The third kappa shape index (κ3) is 4.55. The maximum atomic E-state index is 13.5. The van der Waals surface area contributed by atoms with Crippen LogP contribution in [0.2, 0.25) is 10.2 Å². The highest BCUT2D eigenvalue weighted by Gasteiger charge is 2.29. The summed E-state index contributed by atoms with van der Waals surface area (Å²) in [5.74, 6) is 0.332. The Labute approximate surface area is 218 Å². The summed E-state index contributed by atoms with van der Waals surface area (Å²) in [4.78, 5) is 17.0. The van der Waals surface area contributed by atoms with E-state index in [1.54, 1.807) is 12.3 Å². The van der Waals surface area contributed by atoms with Gasteiger partial charge in [0, 0.05) is 55.3 Å². The lowest BCUT2D eigenvalue weighted by molar-refractivity contribution is 0.313. The second-order valence-electron chi connectivity index (χ2n) is 8.31. The molecule has 1 fully saturated rings. The van der Waals surface area contributed by atoms with Crippen molar-refractivity contribution >= 4 is 61.6 Å². The van der Waals surface area contributed by atoms with Crippen molar-refractivity contribution in [2.24, 2.45) is 0 Å². The van der Waals surface area contributed by atoms with Gasteiger partial charge in [-0.2, -0.15) is 4.98 Å². The van der Waals surface area contributed by atoms with E-state index in [0.717, 1.165) is 41.5 Å². The van der Waals surface area contributed by atoms with Gasteiger partial charge in [-0.15, -0.1) is 0 Å². The molecule has 0 unspecified atom stereocenters. The number of hydrogen-bond donors (Lipinski definition) is 1. The third-order valence-electron chi connectivity index (χ3n) is 6.02. The Bertz CT molecular complexity index is 1520. The van der Waals surface area contributed by atoms with E-state index < -0.39 is 10.0 Å². The first-order valence-electron chi connectivity index (χ1n) is 11.1. The van der Waals surface area contributed by atoms with E-state index in [0.29, 0.717) is 5.39 Å². The molecule has 1 N–H and O–H groups in total. The predicted molar refractivity (Wildman–Crippen MR) is 140 cm³/mol. The number of ether oxygens (including phenoxy) is 1. The molecule has 13 heteroatoms. The number of anilines is 3. The summed E-state index contributed by atoms with van der Waals surface area (Å²) in [6.45, 7) is 4.01. The molecule has 1 aromatic carbocycles. The molecule has 0 aliphatic carbocycles. The molecule has 36 heavy (non-hydrogen) atoms. The highest BCUT2D eigenvalue weighted by atomic mass is 35.5. The van der Waals surface area contributed by atoms with Crippen LogP contribution in [-0.4, -0.2) is 72.6 Å². The fourth-order valence-electron chi connectivity index (χ4n) is 3.99. The SMILES string of the molecule is COc1cnc(Cl)c(S(=O)(=O)n2ccc3cnc(Nc4ccc(N5CCN(C)CC5)cc4)nc32)c1Cl. The Morgan fingerprint density at radius 2 is 1.72 bits per heavy atom. The average molecular weight is 548 g/mol. The maximum absolute atomic E-state index is 13.5. The average Bonchev–Trinajstić information content (AvgIpc) is 3.29. The molecule has 0 bridgehead atoms. The molecule has 0 saturated carbocycles. The molecular weight excluding hydrogens is 525 g/mol. The minimum Gasteiger partial charge on any atom is -0.494 e. The van der Waals surface area contributed by atoms with Gasteiger partial charge in [0.05, 0.1) is 13.3 Å². The molecule has 5 rings (SSSR count). The molecular formula is C23H23Cl2N7O3S. The van der Waals surface area contributed by atoms with Crippen LogP contribution >= 0.6 is 23.2 Å². The van der Waals surface area contributed by atoms with Crippen LogP contribution in [0, 0.1) is 0 Å². The lowest BCUT2D eigenvalue weighted by atomic mass is 10.2. The molecule has 0 atom stereocenters. The van der Waals surface area contributed by atoms with Gasteiger partial charge in [-0.25, -0.2) is 22.4 Å². The Kier molecular flexibility index (Phi) is 6.64. The molecule has 10 nitrogen and oxygen atoms in total. The summed E-state index contributed by atoms with van der Waals surface area (Å²) < 4.78 is 33.1. The van der Waals surface area contributed by atoms with Crippen LogP contribution in [0.3, 0.4) is 0 Å². The number of fused-ring (bicyclic) bond motifs is 1. The zero-order valence-corrected chi connectivity index (χ0v) is 21.8. The number of halogens is 2. The van der Waals surface area contributed by atoms with Gasteiger partial charge < -0.3 is 19.9 Å². The van der Waals surface area contributed by atoms with Gasteiger partial charge in [-0.1, -0.05) is 23.2 Å². The zero-order chi connectivity index (χ0) is 25.4. The summed E-state index contributed by atoms with van der Waals surface area (Å²) in [6, 6.07) is 9.56. The quantitative estimate of drug-likeness (QED) is 0.360. The minimum atomic E-state index is -4.24. The maximum Gasteiger partial charge on any atom is 0.274 e. The first-order chi connectivity index (χ1) is 17.3. The Morgan fingerprint density at radius 3 is 2.42 bits per heavy atom. The van der Waals surface area contributed by atoms with E-state index in [1.807, 2.05) is 24.3 Å². The topological polar surface area (TPSA) is 105 Å².